The van der Waals surface area contributed by atoms with Crippen LogP contribution >= 0.6 is 0 Å². The van der Waals surface area contributed by atoms with Crippen LogP contribution in [-0.2, 0) is 4.74 Å². The minimum Gasteiger partial charge on any atom is -0.378 e. The Morgan fingerprint density at radius 3 is 1.93 bits per heavy atom. The summed E-state index contributed by atoms with van der Waals surface area (Å²) in [6, 6.07) is 0.646. The van der Waals surface area contributed by atoms with E-state index in [9.17, 15) is 0 Å². The molecule has 0 saturated carbocycles. The van der Waals surface area contributed by atoms with E-state index in [4.69, 9.17) is 20.1 Å². The van der Waals surface area contributed by atoms with E-state index in [0.717, 1.165) is 32.4 Å². The maximum atomic E-state index is 8.45. The summed E-state index contributed by atoms with van der Waals surface area (Å²) in [6.07, 6.45) is 13.1. The molecule has 3 heterocycles. The summed E-state index contributed by atoms with van der Waals surface area (Å²) in [6.45, 7) is 27.0. The highest BCUT2D eigenvalue weighted by Gasteiger charge is 2.41. The predicted molar refractivity (Wildman–Crippen MR) is 188 cm³/mol. The maximum absolute atomic E-state index is 8.45. The van der Waals surface area contributed by atoms with E-state index in [2.05, 4.69) is 89.1 Å². The highest BCUT2D eigenvalue weighted by molar-refractivity contribution is 5.98. The van der Waals surface area contributed by atoms with Crippen LogP contribution in [0.3, 0.4) is 0 Å². The van der Waals surface area contributed by atoms with Crippen LogP contribution in [-0.4, -0.2) is 95.9 Å². The largest absolute Gasteiger partial charge is 0.378 e. The van der Waals surface area contributed by atoms with E-state index in [1.54, 1.807) is 0 Å². The molecule has 0 bridgehead atoms. The number of unbranched alkanes of at least 4 members (excludes halogenated alkanes) is 3. The first-order valence-electron chi connectivity index (χ1n) is 17.7. The van der Waals surface area contributed by atoms with Gasteiger partial charge in [-0.1, -0.05) is 33.1 Å². The molecule has 1 unspecified atom stereocenters. The Balaban J connectivity index is 1.63. The molecule has 0 spiro atoms. The Morgan fingerprint density at radius 1 is 0.864 bits per heavy atom. The zero-order chi connectivity index (χ0) is 32.8. The second kappa shape index (κ2) is 15.5. The Labute approximate surface area is 271 Å². The molecular formula is C36H69N7O. The molecule has 44 heavy (non-hydrogen) atoms. The van der Waals surface area contributed by atoms with E-state index in [0.29, 0.717) is 42.9 Å². The number of hydrogen-bond acceptors (Lipinski definition) is 5. The minimum absolute atomic E-state index is 0.0786. The zero-order valence-corrected chi connectivity index (χ0v) is 30.5. The lowest BCUT2D eigenvalue weighted by molar-refractivity contribution is 0.0676. The van der Waals surface area contributed by atoms with Crippen LogP contribution in [0.15, 0.2) is 9.98 Å². The minimum atomic E-state index is 0.0786. The molecule has 3 saturated heterocycles. The molecule has 3 N–H and O–H groups in total. The quantitative estimate of drug-likeness (QED) is 0.136. The van der Waals surface area contributed by atoms with Gasteiger partial charge in [0.2, 0.25) is 5.96 Å². The molecule has 8 heteroatoms. The maximum Gasteiger partial charge on any atom is 0.226 e. The van der Waals surface area contributed by atoms with E-state index in [1.807, 2.05) is 13.8 Å². The third-order valence-corrected chi connectivity index (χ3v) is 9.86. The van der Waals surface area contributed by atoms with Gasteiger partial charge in [-0.25, -0.2) is 4.99 Å². The molecule has 0 radical (unpaired) electrons. The molecule has 0 aromatic rings. The van der Waals surface area contributed by atoms with Crippen molar-refractivity contribution in [3.8, 4) is 0 Å². The molecule has 254 valence electrons. The fourth-order valence-corrected chi connectivity index (χ4v) is 8.34. The number of amidine groups is 1. The molecule has 3 rings (SSSR count). The normalized spacial score (nSPS) is 25.2. The predicted octanol–water partition coefficient (Wildman–Crippen LogP) is 6.74. The third-order valence-electron chi connectivity index (χ3n) is 9.86. The van der Waals surface area contributed by atoms with Crippen molar-refractivity contribution < 1.29 is 4.74 Å². The Hall–Kier alpha value is -1.35. The van der Waals surface area contributed by atoms with E-state index in [-0.39, 0.29) is 28.1 Å². The van der Waals surface area contributed by atoms with Crippen LogP contribution in [0.1, 0.15) is 127 Å². The van der Waals surface area contributed by atoms with Crippen LogP contribution in [0.2, 0.25) is 0 Å². The van der Waals surface area contributed by atoms with Crippen molar-refractivity contribution in [2.24, 2.45) is 27.7 Å². The summed E-state index contributed by atoms with van der Waals surface area (Å²) in [7, 11) is 2.34. The standard InChI is InChI=1S/C36H69N7O/c1-27(2)31(37)39-32(43-18-20-44-21-19-43)38-26-28(29-22-33(3,4)40-34(5,6)23-29)16-14-12-13-15-17-42(11)30-24-35(7,8)41-36(9,10)25-30/h26-30,37,40-41H,12-25H2,1-11H3/b37-31?,38-26+,39-32?. The molecule has 0 aromatic heterocycles. The summed E-state index contributed by atoms with van der Waals surface area (Å²) >= 11 is 0. The number of morpholine rings is 1. The fourth-order valence-electron chi connectivity index (χ4n) is 8.34. The number of aliphatic imine (C=N–C) groups is 2. The molecule has 8 nitrogen and oxygen atoms in total. The second-order valence-corrected chi connectivity index (χ2v) is 17.2. The van der Waals surface area contributed by atoms with Gasteiger partial charge in [-0.3, -0.25) is 5.41 Å². The zero-order valence-electron chi connectivity index (χ0n) is 30.5. The van der Waals surface area contributed by atoms with Crippen LogP contribution < -0.4 is 10.6 Å². The van der Waals surface area contributed by atoms with Crippen LogP contribution in [0, 0.1) is 23.2 Å². The Morgan fingerprint density at radius 2 is 1.39 bits per heavy atom. The van der Waals surface area contributed by atoms with Crippen LogP contribution in [0.5, 0.6) is 0 Å². The number of hydrogen-bond donors (Lipinski definition) is 3. The SMILES string of the molecule is CC(C)C(=N)N=C(/N=C/C(CCCCCCN(C)C1CC(C)(C)NC(C)(C)C1)C1CC(C)(C)NC(C)(C)C1)N1CCOCC1. The van der Waals surface area contributed by atoms with E-state index in [1.165, 1.54) is 45.1 Å². The highest BCUT2D eigenvalue weighted by Crippen LogP contribution is 2.38. The van der Waals surface area contributed by atoms with Gasteiger partial charge in [0.05, 0.1) is 13.2 Å². The van der Waals surface area contributed by atoms with Crippen molar-refractivity contribution in [1.82, 2.24) is 20.4 Å². The molecule has 0 amide bonds. The number of piperidine rings is 2. The molecule has 0 aromatic carbocycles. The summed E-state index contributed by atoms with van der Waals surface area (Å²) < 4.78 is 5.61. The number of ether oxygens (including phenoxy) is 1. The van der Waals surface area contributed by atoms with Gasteiger partial charge in [-0.15, -0.1) is 0 Å². The number of nitrogens with one attached hydrogen (secondary N) is 3. The van der Waals surface area contributed by atoms with Crippen molar-refractivity contribution in [2.45, 2.75) is 155 Å². The van der Waals surface area contributed by atoms with Gasteiger partial charge in [-0.05, 0) is 119 Å². The molecule has 1 atom stereocenters. The average Bonchev–Trinajstić information content (AvgIpc) is 2.88. The Bertz CT molecular complexity index is 945. The van der Waals surface area contributed by atoms with Crippen molar-refractivity contribution in [2.75, 3.05) is 39.9 Å². The van der Waals surface area contributed by atoms with Gasteiger partial charge in [0.15, 0.2) is 0 Å². The number of guanidine groups is 1. The first-order chi connectivity index (χ1) is 20.4. The van der Waals surface area contributed by atoms with E-state index < -0.39 is 0 Å². The number of rotatable bonds is 11. The second-order valence-electron chi connectivity index (χ2n) is 17.2. The lowest BCUT2D eigenvalue weighted by atomic mass is 9.70. The number of nitrogens with zero attached hydrogens (tertiary/aromatic N) is 4. The smallest absolute Gasteiger partial charge is 0.226 e. The first-order valence-corrected chi connectivity index (χ1v) is 17.7. The Kier molecular flexibility index (Phi) is 13.1. The summed E-state index contributed by atoms with van der Waals surface area (Å²) in [4.78, 5) is 14.6. The van der Waals surface area contributed by atoms with Gasteiger partial charge in [0, 0.05) is 53.4 Å². The topological polar surface area (TPSA) is 88.3 Å². The first kappa shape index (κ1) is 37.1. The fraction of sp³-hybridized carbons (Fsp3) is 0.917. The van der Waals surface area contributed by atoms with Crippen molar-refractivity contribution in [1.29, 1.82) is 5.41 Å². The van der Waals surface area contributed by atoms with Crippen molar-refractivity contribution >= 4 is 18.0 Å². The van der Waals surface area contributed by atoms with Gasteiger partial charge >= 0.3 is 0 Å². The van der Waals surface area contributed by atoms with Crippen molar-refractivity contribution in [3.05, 3.63) is 0 Å². The van der Waals surface area contributed by atoms with Gasteiger partial charge < -0.3 is 25.2 Å². The summed E-state index contributed by atoms with van der Waals surface area (Å²) in [5.74, 6) is 2.13. The molecular weight excluding hydrogens is 546 g/mol. The molecule has 3 fully saturated rings. The van der Waals surface area contributed by atoms with Crippen LogP contribution in [0.4, 0.5) is 0 Å². The highest BCUT2D eigenvalue weighted by atomic mass is 16.5. The van der Waals surface area contributed by atoms with Crippen LogP contribution in [0.25, 0.3) is 0 Å². The van der Waals surface area contributed by atoms with Gasteiger partial charge in [0.25, 0.3) is 0 Å². The van der Waals surface area contributed by atoms with Gasteiger partial charge in [0.1, 0.15) is 5.84 Å². The van der Waals surface area contributed by atoms with E-state index >= 15 is 0 Å². The molecule has 3 aliphatic rings. The van der Waals surface area contributed by atoms with Crippen molar-refractivity contribution in [3.63, 3.8) is 0 Å². The molecule has 0 aliphatic carbocycles. The monoisotopic (exact) mass is 616 g/mol. The summed E-state index contributed by atoms with van der Waals surface area (Å²) in [5.41, 5.74) is 0.580. The van der Waals surface area contributed by atoms with Gasteiger partial charge in [-0.2, -0.15) is 4.99 Å². The summed E-state index contributed by atoms with van der Waals surface area (Å²) in [5, 5.41) is 16.2. The molecule has 3 aliphatic heterocycles. The third kappa shape index (κ3) is 12.1. The lowest BCUT2D eigenvalue weighted by Crippen LogP contribution is -2.61. The lowest BCUT2D eigenvalue weighted by Gasteiger charge is -2.49. The average molecular weight is 616 g/mol.